The monoisotopic (exact) mass is 152 g/mol. The maximum Gasteiger partial charge on any atom is 0.0635 e. The van der Waals surface area contributed by atoms with Gasteiger partial charge in [0.15, 0.2) is 0 Å². The molecular weight excluding hydrogens is 136 g/mol. The molecule has 0 bridgehead atoms. The van der Waals surface area contributed by atoms with Gasteiger partial charge < -0.3 is 5.32 Å². The summed E-state index contributed by atoms with van der Waals surface area (Å²) in [7, 11) is 0. The van der Waals surface area contributed by atoms with Gasteiger partial charge in [-0.25, -0.2) is 0 Å². The first-order valence-corrected chi connectivity index (χ1v) is 4.27. The fourth-order valence-corrected chi connectivity index (χ4v) is 1.55. The van der Waals surface area contributed by atoms with E-state index in [1.54, 1.807) is 0 Å². The summed E-state index contributed by atoms with van der Waals surface area (Å²) in [4.78, 5) is 0. The molecule has 1 rings (SSSR count). The van der Waals surface area contributed by atoms with Crippen LogP contribution in [-0.2, 0) is 0 Å². The summed E-state index contributed by atoms with van der Waals surface area (Å²) in [5.41, 5.74) is 0.468. The van der Waals surface area contributed by atoms with E-state index in [1.165, 1.54) is 12.8 Å². The van der Waals surface area contributed by atoms with Crippen molar-refractivity contribution in [1.29, 1.82) is 5.26 Å². The highest BCUT2D eigenvalue weighted by molar-refractivity contribution is 4.94. The number of nitrogens with one attached hydrogen (secondary N) is 1. The molecule has 0 saturated heterocycles. The third-order valence-corrected chi connectivity index (χ3v) is 2.65. The van der Waals surface area contributed by atoms with E-state index in [9.17, 15) is 0 Å². The molecule has 1 aliphatic rings. The van der Waals surface area contributed by atoms with Gasteiger partial charge in [-0.1, -0.05) is 13.8 Å². The molecule has 0 aromatic rings. The molecule has 11 heavy (non-hydrogen) atoms. The summed E-state index contributed by atoms with van der Waals surface area (Å²) in [6, 6.07) is 2.79. The molecule has 0 aromatic carbocycles. The van der Waals surface area contributed by atoms with Crippen LogP contribution in [0.25, 0.3) is 0 Å². The molecular formula is C9H16N2. The fourth-order valence-electron chi connectivity index (χ4n) is 1.55. The third-order valence-electron chi connectivity index (χ3n) is 2.65. The molecule has 0 heterocycles. The Balaban J connectivity index is 2.14. The molecule has 1 aliphatic carbocycles. The van der Waals surface area contributed by atoms with Crippen LogP contribution in [0.3, 0.4) is 0 Å². The van der Waals surface area contributed by atoms with Crippen molar-refractivity contribution >= 4 is 0 Å². The van der Waals surface area contributed by atoms with Crippen LogP contribution in [0.1, 0.15) is 33.1 Å². The lowest BCUT2D eigenvalue weighted by Gasteiger charge is -2.45. The molecule has 2 nitrogen and oxygen atoms in total. The highest BCUT2D eigenvalue weighted by Gasteiger charge is 2.37. The molecule has 1 fully saturated rings. The van der Waals surface area contributed by atoms with Gasteiger partial charge in [0.2, 0.25) is 0 Å². The van der Waals surface area contributed by atoms with Crippen molar-refractivity contribution in [3.8, 4) is 6.07 Å². The minimum absolute atomic E-state index is 0.468. The first kappa shape index (κ1) is 8.55. The van der Waals surface area contributed by atoms with Gasteiger partial charge >= 0.3 is 0 Å². The van der Waals surface area contributed by atoms with E-state index in [4.69, 9.17) is 5.26 Å². The van der Waals surface area contributed by atoms with Crippen LogP contribution in [0.15, 0.2) is 0 Å². The Morgan fingerprint density at radius 3 is 2.73 bits per heavy atom. The Morgan fingerprint density at radius 1 is 1.64 bits per heavy atom. The largest absolute Gasteiger partial charge is 0.312 e. The number of rotatable bonds is 3. The zero-order valence-corrected chi connectivity index (χ0v) is 7.35. The van der Waals surface area contributed by atoms with E-state index >= 15 is 0 Å². The van der Waals surface area contributed by atoms with Gasteiger partial charge in [-0.3, -0.25) is 0 Å². The normalized spacial score (nSPS) is 27.2. The lowest BCUT2D eigenvalue weighted by atomic mass is 9.67. The first-order valence-electron chi connectivity index (χ1n) is 4.27. The number of nitrogens with zero attached hydrogens (tertiary/aromatic N) is 1. The van der Waals surface area contributed by atoms with Crippen molar-refractivity contribution in [2.75, 3.05) is 6.54 Å². The SMILES string of the molecule is CC1(C)CCC1NCCC#N. The van der Waals surface area contributed by atoms with Crippen molar-refractivity contribution in [3.63, 3.8) is 0 Å². The Morgan fingerprint density at radius 2 is 2.36 bits per heavy atom. The molecule has 1 saturated carbocycles. The second-order valence-electron chi connectivity index (χ2n) is 3.94. The smallest absolute Gasteiger partial charge is 0.0635 e. The van der Waals surface area contributed by atoms with Crippen LogP contribution in [0, 0.1) is 16.7 Å². The van der Waals surface area contributed by atoms with Gasteiger partial charge in [0.25, 0.3) is 0 Å². The van der Waals surface area contributed by atoms with Gasteiger partial charge in [0, 0.05) is 19.0 Å². The van der Waals surface area contributed by atoms with Crippen LogP contribution in [0.2, 0.25) is 0 Å². The molecule has 0 amide bonds. The Labute approximate surface area is 68.6 Å². The van der Waals surface area contributed by atoms with Gasteiger partial charge in [-0.15, -0.1) is 0 Å². The van der Waals surface area contributed by atoms with Gasteiger partial charge in [-0.05, 0) is 18.3 Å². The lowest BCUT2D eigenvalue weighted by Crippen LogP contribution is -2.50. The minimum atomic E-state index is 0.468. The summed E-state index contributed by atoms with van der Waals surface area (Å²) in [6.45, 7) is 5.41. The lowest BCUT2D eigenvalue weighted by molar-refractivity contribution is 0.110. The Hall–Kier alpha value is -0.550. The fraction of sp³-hybridized carbons (Fsp3) is 0.889. The van der Waals surface area contributed by atoms with Gasteiger partial charge in [0.1, 0.15) is 0 Å². The third kappa shape index (κ3) is 1.94. The number of hydrogen-bond acceptors (Lipinski definition) is 2. The molecule has 1 N–H and O–H groups in total. The molecule has 1 atom stereocenters. The van der Waals surface area contributed by atoms with Crippen LogP contribution in [0.4, 0.5) is 0 Å². The van der Waals surface area contributed by atoms with E-state index < -0.39 is 0 Å². The van der Waals surface area contributed by atoms with E-state index in [-0.39, 0.29) is 0 Å². The molecule has 0 aliphatic heterocycles. The highest BCUT2D eigenvalue weighted by atomic mass is 14.9. The van der Waals surface area contributed by atoms with Crippen LogP contribution in [0.5, 0.6) is 0 Å². The molecule has 1 unspecified atom stereocenters. The Bertz CT molecular complexity index is 167. The van der Waals surface area contributed by atoms with E-state index in [0.717, 1.165) is 6.54 Å². The van der Waals surface area contributed by atoms with E-state index in [0.29, 0.717) is 17.9 Å². The summed E-state index contributed by atoms with van der Waals surface area (Å²) >= 11 is 0. The van der Waals surface area contributed by atoms with Crippen LogP contribution >= 0.6 is 0 Å². The predicted octanol–water partition coefficient (Wildman–Crippen LogP) is 1.68. The topological polar surface area (TPSA) is 35.8 Å². The van der Waals surface area contributed by atoms with Gasteiger partial charge in [-0.2, -0.15) is 5.26 Å². The second-order valence-corrected chi connectivity index (χ2v) is 3.94. The molecule has 0 aromatic heterocycles. The number of hydrogen-bond donors (Lipinski definition) is 1. The van der Waals surface area contributed by atoms with Crippen molar-refractivity contribution < 1.29 is 0 Å². The van der Waals surface area contributed by atoms with Gasteiger partial charge in [0.05, 0.1) is 6.07 Å². The van der Waals surface area contributed by atoms with Crippen molar-refractivity contribution in [2.45, 2.75) is 39.2 Å². The predicted molar refractivity (Wildman–Crippen MR) is 45.0 cm³/mol. The first-order chi connectivity index (χ1) is 5.17. The van der Waals surface area contributed by atoms with Crippen molar-refractivity contribution in [1.82, 2.24) is 5.32 Å². The summed E-state index contributed by atoms with van der Waals surface area (Å²) in [5.74, 6) is 0. The van der Waals surface area contributed by atoms with Crippen molar-refractivity contribution in [2.24, 2.45) is 5.41 Å². The standard InChI is InChI=1S/C9H16N2/c1-9(2)5-4-8(9)11-7-3-6-10/h8,11H,3-5,7H2,1-2H3. The van der Waals surface area contributed by atoms with E-state index in [2.05, 4.69) is 25.2 Å². The summed E-state index contributed by atoms with van der Waals surface area (Å²) in [6.07, 6.45) is 3.22. The summed E-state index contributed by atoms with van der Waals surface area (Å²) in [5, 5.41) is 11.7. The Kier molecular flexibility index (Phi) is 2.51. The maximum absolute atomic E-state index is 8.31. The average molecular weight is 152 g/mol. The zero-order valence-electron chi connectivity index (χ0n) is 7.35. The highest BCUT2D eigenvalue weighted by Crippen LogP contribution is 2.39. The quantitative estimate of drug-likeness (QED) is 0.624. The molecule has 0 radical (unpaired) electrons. The minimum Gasteiger partial charge on any atom is -0.312 e. The maximum atomic E-state index is 8.31. The second kappa shape index (κ2) is 3.23. The van der Waals surface area contributed by atoms with Crippen molar-refractivity contribution in [3.05, 3.63) is 0 Å². The molecule has 0 spiro atoms. The molecule has 62 valence electrons. The molecule has 2 heteroatoms. The zero-order chi connectivity index (χ0) is 8.32. The number of nitriles is 1. The van der Waals surface area contributed by atoms with E-state index in [1.807, 2.05) is 0 Å². The average Bonchev–Trinajstić information content (AvgIpc) is 1.96. The van der Waals surface area contributed by atoms with Crippen LogP contribution in [-0.4, -0.2) is 12.6 Å². The summed E-state index contributed by atoms with van der Waals surface area (Å²) < 4.78 is 0. The van der Waals surface area contributed by atoms with Crippen LogP contribution < -0.4 is 5.32 Å².